The number of hydrogen-bond acceptors (Lipinski definition) is 7. The van der Waals surface area contributed by atoms with Crippen molar-refractivity contribution in [2.24, 2.45) is 0 Å². The number of aliphatic hydroxyl groups is 1. The molecule has 1 atom stereocenters. The predicted molar refractivity (Wildman–Crippen MR) is 123 cm³/mol. The van der Waals surface area contributed by atoms with Crippen LogP contribution < -0.4 is 4.72 Å². The van der Waals surface area contributed by atoms with Crippen LogP contribution in [0.25, 0.3) is 0 Å². The standard InChI is InChI=1S/C23H31N3O5S/c1-31-23(28)21-9-7-19(8-10-21)17-24-32(29,30)22(20-5-3-2-4-6-20)18-26-13-11-25(12-14-26)15-16-27/h2-10,22,24,27H,11-18H2,1H3. The molecule has 8 nitrogen and oxygen atoms in total. The predicted octanol–water partition coefficient (Wildman–Crippen LogP) is 1.24. The first-order valence-corrected chi connectivity index (χ1v) is 12.2. The number of piperazine rings is 1. The highest BCUT2D eigenvalue weighted by atomic mass is 32.2. The number of hydrogen-bond donors (Lipinski definition) is 2. The van der Waals surface area contributed by atoms with Gasteiger partial charge in [0.05, 0.1) is 19.3 Å². The third-order valence-electron chi connectivity index (χ3n) is 5.70. The third kappa shape index (κ3) is 6.60. The van der Waals surface area contributed by atoms with Crippen molar-refractivity contribution in [1.82, 2.24) is 14.5 Å². The van der Waals surface area contributed by atoms with Crippen LogP contribution in [0.5, 0.6) is 0 Å². The van der Waals surface area contributed by atoms with E-state index in [0.717, 1.165) is 37.3 Å². The minimum absolute atomic E-state index is 0.131. The second-order valence-corrected chi connectivity index (χ2v) is 9.77. The van der Waals surface area contributed by atoms with E-state index in [-0.39, 0.29) is 13.2 Å². The van der Waals surface area contributed by atoms with Gasteiger partial charge in [0, 0.05) is 45.8 Å². The van der Waals surface area contributed by atoms with E-state index in [2.05, 4.69) is 14.5 Å². The zero-order valence-corrected chi connectivity index (χ0v) is 19.1. The number of ether oxygens (including phenoxy) is 1. The van der Waals surface area contributed by atoms with E-state index in [1.807, 2.05) is 30.3 Å². The fourth-order valence-corrected chi connectivity index (χ4v) is 5.27. The maximum atomic E-state index is 13.3. The molecule has 2 N–H and O–H groups in total. The van der Waals surface area contributed by atoms with Gasteiger partial charge in [0.2, 0.25) is 10.0 Å². The maximum Gasteiger partial charge on any atom is 0.337 e. The largest absolute Gasteiger partial charge is 0.465 e. The van der Waals surface area contributed by atoms with E-state index in [0.29, 0.717) is 18.7 Å². The molecule has 1 saturated heterocycles. The van der Waals surface area contributed by atoms with Crippen LogP contribution in [0.1, 0.15) is 26.7 Å². The summed E-state index contributed by atoms with van der Waals surface area (Å²) in [7, 11) is -2.34. The van der Waals surface area contributed by atoms with Crippen LogP contribution in [0.3, 0.4) is 0 Å². The Morgan fingerprint density at radius 3 is 2.25 bits per heavy atom. The average Bonchev–Trinajstić information content (AvgIpc) is 2.83. The molecule has 1 fully saturated rings. The number of carbonyl (C=O) groups excluding carboxylic acids is 1. The molecule has 3 rings (SSSR count). The van der Waals surface area contributed by atoms with Gasteiger partial charge < -0.3 is 9.84 Å². The van der Waals surface area contributed by atoms with Gasteiger partial charge >= 0.3 is 5.97 Å². The van der Waals surface area contributed by atoms with E-state index >= 15 is 0 Å². The van der Waals surface area contributed by atoms with Crippen LogP contribution in [-0.4, -0.2) is 82.3 Å². The van der Waals surface area contributed by atoms with Crippen molar-refractivity contribution in [3.8, 4) is 0 Å². The Labute approximate surface area is 189 Å². The van der Waals surface area contributed by atoms with Crippen molar-refractivity contribution < 1.29 is 23.1 Å². The SMILES string of the molecule is COC(=O)c1ccc(CNS(=O)(=O)C(CN2CCN(CCO)CC2)c2ccccc2)cc1. The molecule has 2 aromatic carbocycles. The fraction of sp³-hybridized carbons (Fsp3) is 0.435. The number of sulfonamides is 1. The molecule has 9 heteroatoms. The summed E-state index contributed by atoms with van der Waals surface area (Å²) in [5.41, 5.74) is 1.92. The third-order valence-corrected chi connectivity index (χ3v) is 7.42. The van der Waals surface area contributed by atoms with Gasteiger partial charge in [0.15, 0.2) is 0 Å². The maximum absolute atomic E-state index is 13.3. The van der Waals surface area contributed by atoms with Gasteiger partial charge in [-0.25, -0.2) is 17.9 Å². The highest BCUT2D eigenvalue weighted by molar-refractivity contribution is 7.89. The van der Waals surface area contributed by atoms with Crippen molar-refractivity contribution in [3.63, 3.8) is 0 Å². The van der Waals surface area contributed by atoms with Gasteiger partial charge in [-0.2, -0.15) is 0 Å². The lowest BCUT2D eigenvalue weighted by atomic mass is 10.1. The van der Waals surface area contributed by atoms with E-state index in [4.69, 9.17) is 9.84 Å². The quantitative estimate of drug-likeness (QED) is 0.514. The lowest BCUT2D eigenvalue weighted by Gasteiger charge is -2.36. The minimum atomic E-state index is -3.66. The molecule has 2 aromatic rings. The topological polar surface area (TPSA) is 99.2 Å². The number of aliphatic hydroxyl groups excluding tert-OH is 1. The van der Waals surface area contributed by atoms with Gasteiger partial charge in [0.1, 0.15) is 5.25 Å². The van der Waals surface area contributed by atoms with Crippen LogP contribution in [-0.2, 0) is 21.3 Å². The Hall–Kier alpha value is -2.30. The molecule has 32 heavy (non-hydrogen) atoms. The van der Waals surface area contributed by atoms with E-state index in [1.165, 1.54) is 7.11 Å². The first kappa shape index (κ1) is 24.3. The number of nitrogens with one attached hydrogen (secondary N) is 1. The summed E-state index contributed by atoms with van der Waals surface area (Å²) < 4.78 is 34.1. The normalized spacial score (nSPS) is 16.6. The van der Waals surface area contributed by atoms with E-state index < -0.39 is 21.2 Å². The molecule has 0 amide bonds. The smallest absolute Gasteiger partial charge is 0.337 e. The Morgan fingerprint density at radius 2 is 1.66 bits per heavy atom. The zero-order valence-electron chi connectivity index (χ0n) is 18.3. The summed E-state index contributed by atoms with van der Waals surface area (Å²) in [6, 6.07) is 15.9. The summed E-state index contributed by atoms with van der Waals surface area (Å²) >= 11 is 0. The van der Waals surface area contributed by atoms with Crippen LogP contribution in [0.4, 0.5) is 0 Å². The highest BCUT2D eigenvalue weighted by Gasteiger charge is 2.30. The first-order chi connectivity index (χ1) is 15.4. The minimum Gasteiger partial charge on any atom is -0.465 e. The second-order valence-electron chi connectivity index (χ2n) is 7.82. The van der Waals surface area contributed by atoms with Gasteiger partial charge in [-0.1, -0.05) is 42.5 Å². The fourth-order valence-electron chi connectivity index (χ4n) is 3.78. The molecule has 174 valence electrons. The lowest BCUT2D eigenvalue weighted by molar-refractivity contribution is 0.0600. The number of nitrogens with zero attached hydrogens (tertiary/aromatic N) is 2. The lowest BCUT2D eigenvalue weighted by Crippen LogP contribution is -2.49. The van der Waals surface area contributed by atoms with Crippen LogP contribution in [0, 0.1) is 0 Å². The Morgan fingerprint density at radius 1 is 1.03 bits per heavy atom. The number of esters is 1. The number of benzene rings is 2. The summed E-state index contributed by atoms with van der Waals surface area (Å²) in [6.07, 6.45) is 0. The highest BCUT2D eigenvalue weighted by Crippen LogP contribution is 2.24. The zero-order chi connectivity index (χ0) is 23.0. The molecular weight excluding hydrogens is 430 g/mol. The van der Waals surface area contributed by atoms with E-state index in [1.54, 1.807) is 24.3 Å². The molecule has 0 spiro atoms. The molecule has 1 aliphatic heterocycles. The van der Waals surface area contributed by atoms with Crippen LogP contribution in [0.2, 0.25) is 0 Å². The Balaban J connectivity index is 1.69. The molecular formula is C23H31N3O5S. The summed E-state index contributed by atoms with van der Waals surface area (Å²) in [5, 5.41) is 8.42. The van der Waals surface area contributed by atoms with Crippen molar-refractivity contribution in [2.45, 2.75) is 11.8 Å². The number of β-amino-alcohol motifs (C(OH)–C–C–N with tert-alkyl or cyclic N) is 1. The van der Waals surface area contributed by atoms with Gasteiger partial charge in [-0.3, -0.25) is 9.80 Å². The molecule has 0 saturated carbocycles. The average molecular weight is 462 g/mol. The number of rotatable bonds is 10. The van der Waals surface area contributed by atoms with Gasteiger partial charge in [-0.05, 0) is 23.3 Å². The van der Waals surface area contributed by atoms with E-state index in [9.17, 15) is 13.2 Å². The molecule has 0 bridgehead atoms. The molecule has 1 unspecified atom stereocenters. The van der Waals surface area contributed by atoms with Crippen LogP contribution in [0.15, 0.2) is 54.6 Å². The number of methoxy groups -OCH3 is 1. The van der Waals surface area contributed by atoms with Crippen molar-refractivity contribution in [3.05, 3.63) is 71.3 Å². The number of carbonyl (C=O) groups is 1. The Bertz CT molecular complexity index is 959. The summed E-state index contributed by atoms with van der Waals surface area (Å²) in [6.45, 7) is 4.44. The van der Waals surface area contributed by atoms with Crippen molar-refractivity contribution in [2.75, 3.05) is 53.0 Å². The van der Waals surface area contributed by atoms with Crippen LogP contribution >= 0.6 is 0 Å². The monoisotopic (exact) mass is 461 g/mol. The molecule has 1 aliphatic rings. The molecule has 1 heterocycles. The van der Waals surface area contributed by atoms with Crippen molar-refractivity contribution >= 4 is 16.0 Å². The molecule has 0 aromatic heterocycles. The summed E-state index contributed by atoms with van der Waals surface area (Å²) in [4.78, 5) is 15.9. The van der Waals surface area contributed by atoms with Crippen molar-refractivity contribution in [1.29, 1.82) is 0 Å². The first-order valence-electron chi connectivity index (χ1n) is 10.7. The molecule has 0 radical (unpaired) electrons. The summed E-state index contributed by atoms with van der Waals surface area (Å²) in [5.74, 6) is -0.430. The van der Waals surface area contributed by atoms with Gasteiger partial charge in [0.25, 0.3) is 0 Å². The Kier molecular flexibility index (Phi) is 8.77. The van der Waals surface area contributed by atoms with Gasteiger partial charge in [-0.15, -0.1) is 0 Å². The second kappa shape index (κ2) is 11.5. The molecule has 0 aliphatic carbocycles.